The van der Waals surface area contributed by atoms with Crippen molar-refractivity contribution in [1.29, 1.82) is 0 Å². The van der Waals surface area contributed by atoms with Crippen molar-refractivity contribution >= 4 is 40.9 Å². The number of benzene rings is 1. The number of carbonyl (C=O) groups is 2. The third kappa shape index (κ3) is 3.50. The molecule has 132 valence electrons. The third-order valence-electron chi connectivity index (χ3n) is 4.09. The van der Waals surface area contributed by atoms with E-state index in [0.717, 1.165) is 16.8 Å². The van der Waals surface area contributed by atoms with Gasteiger partial charge >= 0.3 is 5.97 Å². The predicted octanol–water partition coefficient (Wildman–Crippen LogP) is 3.54. The molecule has 1 aromatic carbocycles. The molecule has 0 bridgehead atoms. The Kier molecular flexibility index (Phi) is 5.01. The quantitative estimate of drug-likeness (QED) is 0.821. The Hall–Kier alpha value is -2.05. The van der Waals surface area contributed by atoms with Gasteiger partial charge in [0.25, 0.3) is 0 Å². The van der Waals surface area contributed by atoms with Crippen LogP contribution in [0.3, 0.4) is 0 Å². The first-order chi connectivity index (χ1) is 11.9. The molecule has 1 aromatic heterocycles. The molecule has 0 spiro atoms. The van der Waals surface area contributed by atoms with Gasteiger partial charge in [-0.3, -0.25) is 9.59 Å². The summed E-state index contributed by atoms with van der Waals surface area (Å²) in [5, 5.41) is 8.24. The van der Waals surface area contributed by atoms with Crippen LogP contribution >= 0.6 is 23.2 Å². The SMILES string of the molecule is CCOC(=O)Cn1nc(C)c2c1NC(=O)C[C@@H]2c1ccc(Cl)cc1Cl. The zero-order valence-electron chi connectivity index (χ0n) is 13.8. The van der Waals surface area contributed by atoms with E-state index in [1.807, 2.05) is 13.0 Å². The fourth-order valence-electron chi connectivity index (χ4n) is 3.11. The second-order valence-corrected chi connectivity index (χ2v) is 6.62. The molecule has 3 rings (SSSR count). The van der Waals surface area contributed by atoms with Crippen LogP contribution in [0.5, 0.6) is 0 Å². The number of esters is 1. The number of anilines is 1. The van der Waals surface area contributed by atoms with Crippen molar-refractivity contribution in [3.05, 3.63) is 45.1 Å². The minimum Gasteiger partial charge on any atom is -0.465 e. The Morgan fingerprint density at radius 2 is 2.20 bits per heavy atom. The molecule has 6 nitrogen and oxygen atoms in total. The van der Waals surface area contributed by atoms with Gasteiger partial charge in [-0.25, -0.2) is 4.68 Å². The number of amides is 1. The van der Waals surface area contributed by atoms with Crippen LogP contribution in [-0.2, 0) is 20.9 Å². The Morgan fingerprint density at radius 1 is 1.44 bits per heavy atom. The first-order valence-electron chi connectivity index (χ1n) is 7.88. The number of carbonyl (C=O) groups excluding carboxylic acids is 2. The average Bonchev–Trinajstić information content (AvgIpc) is 2.83. The Labute approximate surface area is 155 Å². The lowest BCUT2D eigenvalue weighted by molar-refractivity contribution is -0.144. The fourth-order valence-corrected chi connectivity index (χ4v) is 3.65. The molecule has 0 radical (unpaired) electrons. The van der Waals surface area contributed by atoms with Gasteiger partial charge in [0.2, 0.25) is 5.91 Å². The highest BCUT2D eigenvalue weighted by Crippen LogP contribution is 2.42. The van der Waals surface area contributed by atoms with Crippen molar-refractivity contribution in [1.82, 2.24) is 9.78 Å². The van der Waals surface area contributed by atoms with Crippen LogP contribution in [0.15, 0.2) is 18.2 Å². The summed E-state index contributed by atoms with van der Waals surface area (Å²) in [5.41, 5.74) is 2.39. The molecule has 0 unspecified atom stereocenters. The van der Waals surface area contributed by atoms with Crippen LogP contribution in [0.25, 0.3) is 0 Å². The van der Waals surface area contributed by atoms with E-state index in [-0.39, 0.29) is 31.4 Å². The molecule has 1 N–H and O–H groups in total. The molecule has 2 heterocycles. The van der Waals surface area contributed by atoms with Gasteiger partial charge < -0.3 is 10.1 Å². The topological polar surface area (TPSA) is 73.2 Å². The van der Waals surface area contributed by atoms with Gasteiger partial charge in [0.05, 0.1) is 12.3 Å². The summed E-state index contributed by atoms with van der Waals surface area (Å²) >= 11 is 12.3. The summed E-state index contributed by atoms with van der Waals surface area (Å²) in [6.45, 7) is 3.80. The molecule has 8 heteroatoms. The summed E-state index contributed by atoms with van der Waals surface area (Å²) in [7, 11) is 0. The first-order valence-corrected chi connectivity index (χ1v) is 8.64. The number of ether oxygens (including phenoxy) is 1. The molecule has 2 aromatic rings. The molecular formula is C17H17Cl2N3O3. The summed E-state index contributed by atoms with van der Waals surface area (Å²) in [4.78, 5) is 24.0. The minimum absolute atomic E-state index is 0.0641. The maximum Gasteiger partial charge on any atom is 0.327 e. The van der Waals surface area contributed by atoms with Crippen LogP contribution in [0.1, 0.15) is 36.1 Å². The van der Waals surface area contributed by atoms with E-state index >= 15 is 0 Å². The second kappa shape index (κ2) is 7.06. The molecule has 1 atom stereocenters. The average molecular weight is 382 g/mol. The summed E-state index contributed by atoms with van der Waals surface area (Å²) in [6, 6.07) is 5.22. The van der Waals surface area contributed by atoms with E-state index in [1.165, 1.54) is 4.68 Å². The van der Waals surface area contributed by atoms with E-state index < -0.39 is 5.97 Å². The van der Waals surface area contributed by atoms with Gasteiger partial charge in [0.15, 0.2) is 0 Å². The van der Waals surface area contributed by atoms with E-state index in [2.05, 4.69) is 10.4 Å². The van der Waals surface area contributed by atoms with Crippen molar-refractivity contribution in [3.63, 3.8) is 0 Å². The molecule has 1 amide bonds. The van der Waals surface area contributed by atoms with Crippen molar-refractivity contribution in [3.8, 4) is 0 Å². The van der Waals surface area contributed by atoms with E-state index in [4.69, 9.17) is 27.9 Å². The molecule has 1 aliphatic rings. The van der Waals surface area contributed by atoms with Crippen LogP contribution in [-0.4, -0.2) is 28.3 Å². The molecule has 1 aliphatic heterocycles. The fraction of sp³-hybridized carbons (Fsp3) is 0.353. The number of nitrogens with one attached hydrogen (secondary N) is 1. The maximum absolute atomic E-state index is 12.2. The van der Waals surface area contributed by atoms with Crippen LogP contribution in [0.2, 0.25) is 10.0 Å². The number of halogens is 2. The monoisotopic (exact) mass is 381 g/mol. The first kappa shape index (κ1) is 17.8. The minimum atomic E-state index is -0.409. The largest absolute Gasteiger partial charge is 0.465 e. The second-order valence-electron chi connectivity index (χ2n) is 5.78. The highest BCUT2D eigenvalue weighted by Gasteiger charge is 2.33. The highest BCUT2D eigenvalue weighted by atomic mass is 35.5. The number of hydrogen-bond acceptors (Lipinski definition) is 4. The zero-order chi connectivity index (χ0) is 18.1. The van der Waals surface area contributed by atoms with Crippen LogP contribution in [0, 0.1) is 6.92 Å². The zero-order valence-corrected chi connectivity index (χ0v) is 15.3. The van der Waals surface area contributed by atoms with Gasteiger partial charge in [0.1, 0.15) is 12.4 Å². The number of fused-ring (bicyclic) bond motifs is 1. The summed E-state index contributed by atoms with van der Waals surface area (Å²) in [5.74, 6) is -0.301. The summed E-state index contributed by atoms with van der Waals surface area (Å²) in [6.07, 6.45) is 0.250. The molecule has 0 saturated carbocycles. The molecule has 25 heavy (non-hydrogen) atoms. The lowest BCUT2D eigenvalue weighted by atomic mass is 9.86. The smallest absolute Gasteiger partial charge is 0.327 e. The van der Waals surface area contributed by atoms with E-state index in [1.54, 1.807) is 19.1 Å². The van der Waals surface area contributed by atoms with Crippen LogP contribution < -0.4 is 5.32 Å². The number of aryl methyl sites for hydroxylation is 1. The van der Waals surface area contributed by atoms with Crippen molar-refractivity contribution in [2.24, 2.45) is 0 Å². The number of hydrogen-bond donors (Lipinski definition) is 1. The number of aromatic nitrogens is 2. The van der Waals surface area contributed by atoms with Gasteiger partial charge in [0, 0.05) is 27.9 Å². The summed E-state index contributed by atoms with van der Waals surface area (Å²) < 4.78 is 6.44. The van der Waals surface area contributed by atoms with Gasteiger partial charge in [-0.05, 0) is 31.5 Å². The van der Waals surface area contributed by atoms with Crippen molar-refractivity contribution < 1.29 is 14.3 Å². The number of rotatable bonds is 4. The van der Waals surface area contributed by atoms with Gasteiger partial charge in [-0.15, -0.1) is 0 Å². The van der Waals surface area contributed by atoms with Crippen molar-refractivity contribution in [2.45, 2.75) is 32.7 Å². The lowest BCUT2D eigenvalue weighted by Gasteiger charge is -2.25. The van der Waals surface area contributed by atoms with Gasteiger partial charge in [-0.2, -0.15) is 5.10 Å². The third-order valence-corrected chi connectivity index (χ3v) is 4.65. The maximum atomic E-state index is 12.2. The van der Waals surface area contributed by atoms with Crippen LogP contribution in [0.4, 0.5) is 5.82 Å². The molecule has 0 fully saturated rings. The predicted molar refractivity (Wildman–Crippen MR) is 95.1 cm³/mol. The Bertz CT molecular complexity index is 848. The Balaban J connectivity index is 2.05. The molecular weight excluding hydrogens is 365 g/mol. The van der Waals surface area contributed by atoms with E-state index in [9.17, 15) is 9.59 Å². The standard InChI is InChI=1S/C17H17Cl2N3O3/c1-3-25-15(24)8-22-17-16(9(2)21-22)12(7-14(23)20-17)11-5-4-10(18)6-13(11)19/h4-6,12H,3,7-8H2,1-2H3,(H,20,23)/t12-/m1/s1. The normalized spacial score (nSPS) is 16.3. The highest BCUT2D eigenvalue weighted by molar-refractivity contribution is 6.35. The van der Waals surface area contributed by atoms with E-state index in [0.29, 0.717) is 15.9 Å². The van der Waals surface area contributed by atoms with Gasteiger partial charge in [-0.1, -0.05) is 29.3 Å². The molecule has 0 saturated heterocycles. The number of nitrogens with zero attached hydrogens (tertiary/aromatic N) is 2. The Morgan fingerprint density at radius 3 is 2.88 bits per heavy atom. The molecule has 0 aliphatic carbocycles. The van der Waals surface area contributed by atoms with Crippen molar-refractivity contribution in [2.75, 3.05) is 11.9 Å². The lowest BCUT2D eigenvalue weighted by Crippen LogP contribution is -2.26.